The van der Waals surface area contributed by atoms with Gasteiger partial charge in [0.15, 0.2) is 5.78 Å². The second kappa shape index (κ2) is 6.33. The molecular weight excluding hydrogens is 340 g/mol. The molecule has 1 aliphatic heterocycles. The average molecular weight is 357 g/mol. The van der Waals surface area contributed by atoms with Gasteiger partial charge in [0, 0.05) is 10.6 Å². The van der Waals surface area contributed by atoms with E-state index in [1.807, 2.05) is 19.1 Å². The summed E-state index contributed by atoms with van der Waals surface area (Å²) in [7, 11) is 0. The van der Waals surface area contributed by atoms with Gasteiger partial charge in [-0.2, -0.15) is 0 Å². The van der Waals surface area contributed by atoms with Crippen LogP contribution in [0.15, 0.2) is 48.5 Å². The topological polar surface area (TPSA) is 66.5 Å². The molecule has 2 aromatic rings. The molecule has 0 saturated carbocycles. The average Bonchev–Trinajstić information content (AvgIpc) is 2.80. The van der Waals surface area contributed by atoms with Crippen LogP contribution < -0.4 is 5.32 Å². The number of ketones is 1. The molecule has 0 unspecified atom stereocenters. The van der Waals surface area contributed by atoms with Crippen molar-refractivity contribution in [1.82, 2.24) is 10.2 Å². The Balaban J connectivity index is 1.82. The summed E-state index contributed by atoms with van der Waals surface area (Å²) in [6.45, 7) is 3.27. The zero-order chi connectivity index (χ0) is 18.2. The molecule has 6 heteroatoms. The second-order valence-electron chi connectivity index (χ2n) is 6.24. The van der Waals surface area contributed by atoms with Crippen LogP contribution in [0.2, 0.25) is 5.02 Å². The number of hydrogen-bond donors (Lipinski definition) is 1. The molecule has 0 bridgehead atoms. The van der Waals surface area contributed by atoms with Gasteiger partial charge < -0.3 is 5.32 Å². The summed E-state index contributed by atoms with van der Waals surface area (Å²) in [6, 6.07) is 13.1. The number of benzene rings is 2. The van der Waals surface area contributed by atoms with Crippen LogP contribution >= 0.6 is 11.6 Å². The van der Waals surface area contributed by atoms with Crippen molar-refractivity contribution in [3.05, 3.63) is 70.2 Å². The molecule has 0 aromatic heterocycles. The molecule has 128 valence electrons. The largest absolute Gasteiger partial charge is 0.325 e. The Kier molecular flexibility index (Phi) is 4.35. The summed E-state index contributed by atoms with van der Waals surface area (Å²) in [4.78, 5) is 38.4. The van der Waals surface area contributed by atoms with E-state index >= 15 is 0 Å². The lowest BCUT2D eigenvalue weighted by Crippen LogP contribution is -2.41. The van der Waals surface area contributed by atoms with Gasteiger partial charge in [-0.1, -0.05) is 41.4 Å². The number of rotatable bonds is 4. The Morgan fingerprint density at radius 3 is 2.28 bits per heavy atom. The van der Waals surface area contributed by atoms with E-state index in [0.717, 1.165) is 10.5 Å². The zero-order valence-electron chi connectivity index (χ0n) is 13.9. The standard InChI is InChI=1S/C19H17ClN2O3/c1-12-3-7-14(8-4-12)19(2)17(24)22(18(25)21-19)11-16(23)13-5-9-15(20)10-6-13/h3-10H,11H2,1-2H3,(H,21,25)/t19-/m0/s1. The summed E-state index contributed by atoms with van der Waals surface area (Å²) in [5.74, 6) is -0.767. The molecule has 1 saturated heterocycles. The van der Waals surface area contributed by atoms with Gasteiger partial charge >= 0.3 is 6.03 Å². The van der Waals surface area contributed by atoms with Crippen LogP contribution in [0.25, 0.3) is 0 Å². The minimum atomic E-state index is -1.18. The van der Waals surface area contributed by atoms with E-state index in [1.54, 1.807) is 43.3 Å². The normalized spacial score (nSPS) is 19.9. The maximum Gasteiger partial charge on any atom is 0.325 e. The van der Waals surface area contributed by atoms with Gasteiger partial charge in [-0.3, -0.25) is 14.5 Å². The van der Waals surface area contributed by atoms with Crippen LogP contribution in [0.4, 0.5) is 4.79 Å². The van der Waals surface area contributed by atoms with Gasteiger partial charge in [-0.15, -0.1) is 0 Å². The molecule has 1 atom stereocenters. The van der Waals surface area contributed by atoms with Crippen molar-refractivity contribution in [3.8, 4) is 0 Å². The molecule has 0 spiro atoms. The Morgan fingerprint density at radius 1 is 1.08 bits per heavy atom. The van der Waals surface area contributed by atoms with Gasteiger partial charge in [0.05, 0.1) is 6.54 Å². The highest BCUT2D eigenvalue weighted by atomic mass is 35.5. The van der Waals surface area contributed by atoms with Gasteiger partial charge in [-0.05, 0) is 43.7 Å². The molecule has 1 N–H and O–H groups in total. The van der Waals surface area contributed by atoms with Gasteiger partial charge in [0.25, 0.3) is 5.91 Å². The van der Waals surface area contributed by atoms with Crippen LogP contribution in [-0.2, 0) is 10.3 Å². The maximum absolute atomic E-state index is 12.8. The first-order chi connectivity index (χ1) is 11.8. The third-order valence-electron chi connectivity index (χ3n) is 4.37. The van der Waals surface area contributed by atoms with Gasteiger partial charge in [-0.25, -0.2) is 4.79 Å². The number of urea groups is 1. The third kappa shape index (κ3) is 3.15. The summed E-state index contributed by atoms with van der Waals surface area (Å²) in [5.41, 5.74) is 0.955. The molecule has 0 radical (unpaired) electrons. The quantitative estimate of drug-likeness (QED) is 0.675. The molecule has 3 amide bonds. The number of carbonyl (C=O) groups excluding carboxylic acids is 3. The van der Waals surface area contributed by atoms with E-state index in [0.29, 0.717) is 16.1 Å². The molecule has 25 heavy (non-hydrogen) atoms. The lowest BCUT2D eigenvalue weighted by molar-refractivity contribution is -0.130. The van der Waals surface area contributed by atoms with Crippen molar-refractivity contribution >= 4 is 29.3 Å². The SMILES string of the molecule is Cc1ccc([C@]2(C)NC(=O)N(CC(=O)c3ccc(Cl)cc3)C2=O)cc1. The highest BCUT2D eigenvalue weighted by Gasteiger charge is 2.49. The van der Waals surface area contributed by atoms with E-state index in [9.17, 15) is 14.4 Å². The Morgan fingerprint density at radius 2 is 1.68 bits per heavy atom. The summed E-state index contributed by atoms with van der Waals surface area (Å²) < 4.78 is 0. The van der Waals surface area contributed by atoms with Crippen LogP contribution in [0.5, 0.6) is 0 Å². The fraction of sp³-hybridized carbons (Fsp3) is 0.211. The monoisotopic (exact) mass is 356 g/mol. The van der Waals surface area contributed by atoms with E-state index in [1.165, 1.54) is 0 Å². The number of carbonyl (C=O) groups is 3. The number of hydrogen-bond acceptors (Lipinski definition) is 3. The second-order valence-corrected chi connectivity index (χ2v) is 6.68. The number of Topliss-reactive ketones (excluding diaryl/α,β-unsaturated/α-hetero) is 1. The number of aryl methyl sites for hydroxylation is 1. The van der Waals surface area contributed by atoms with Crippen molar-refractivity contribution in [2.75, 3.05) is 6.54 Å². The van der Waals surface area contributed by atoms with Crippen molar-refractivity contribution < 1.29 is 14.4 Å². The maximum atomic E-state index is 12.8. The lowest BCUT2D eigenvalue weighted by Gasteiger charge is -2.22. The molecule has 0 aliphatic carbocycles. The summed E-state index contributed by atoms with van der Waals surface area (Å²) in [6.07, 6.45) is 0. The highest BCUT2D eigenvalue weighted by molar-refractivity contribution is 6.30. The van der Waals surface area contributed by atoms with Crippen LogP contribution in [0.1, 0.15) is 28.4 Å². The fourth-order valence-electron chi connectivity index (χ4n) is 2.79. The number of amides is 3. The minimum Gasteiger partial charge on any atom is -0.319 e. The Bertz CT molecular complexity index is 846. The van der Waals surface area contributed by atoms with E-state index < -0.39 is 17.5 Å². The Labute approximate surface area is 150 Å². The van der Waals surface area contributed by atoms with E-state index in [4.69, 9.17) is 11.6 Å². The van der Waals surface area contributed by atoms with Gasteiger partial charge in [0.1, 0.15) is 5.54 Å². The summed E-state index contributed by atoms with van der Waals surface area (Å²) >= 11 is 5.81. The smallest absolute Gasteiger partial charge is 0.319 e. The first kappa shape index (κ1) is 17.2. The molecule has 1 aliphatic rings. The molecular formula is C19H17ClN2O3. The number of halogens is 1. The van der Waals surface area contributed by atoms with Gasteiger partial charge in [0.2, 0.25) is 0 Å². The van der Waals surface area contributed by atoms with Crippen LogP contribution in [0, 0.1) is 6.92 Å². The molecule has 5 nitrogen and oxygen atoms in total. The van der Waals surface area contributed by atoms with Crippen LogP contribution in [0.3, 0.4) is 0 Å². The highest BCUT2D eigenvalue weighted by Crippen LogP contribution is 2.29. The molecule has 1 fully saturated rings. The molecule has 1 heterocycles. The van der Waals surface area contributed by atoms with Crippen molar-refractivity contribution in [2.45, 2.75) is 19.4 Å². The third-order valence-corrected chi connectivity index (χ3v) is 4.62. The minimum absolute atomic E-state index is 0.312. The van der Waals surface area contributed by atoms with E-state index in [-0.39, 0.29) is 12.3 Å². The van der Waals surface area contributed by atoms with Crippen LogP contribution in [-0.4, -0.2) is 29.2 Å². The zero-order valence-corrected chi connectivity index (χ0v) is 14.6. The lowest BCUT2D eigenvalue weighted by atomic mass is 9.91. The fourth-order valence-corrected chi connectivity index (χ4v) is 2.92. The first-order valence-corrected chi connectivity index (χ1v) is 8.19. The van der Waals surface area contributed by atoms with Crippen molar-refractivity contribution in [1.29, 1.82) is 0 Å². The first-order valence-electron chi connectivity index (χ1n) is 7.81. The number of imide groups is 1. The molecule has 2 aromatic carbocycles. The number of nitrogens with zero attached hydrogens (tertiary/aromatic N) is 1. The van der Waals surface area contributed by atoms with Crippen molar-refractivity contribution in [2.24, 2.45) is 0 Å². The predicted octanol–water partition coefficient (Wildman–Crippen LogP) is 3.30. The van der Waals surface area contributed by atoms with Crippen molar-refractivity contribution in [3.63, 3.8) is 0 Å². The number of nitrogens with one attached hydrogen (secondary N) is 1. The molecule has 3 rings (SSSR count). The Hall–Kier alpha value is -2.66. The van der Waals surface area contributed by atoms with E-state index in [2.05, 4.69) is 5.32 Å². The summed E-state index contributed by atoms with van der Waals surface area (Å²) in [5, 5.41) is 3.21. The predicted molar refractivity (Wildman–Crippen MR) is 94.6 cm³/mol.